The molecule has 5 rings (SSSR count). The van der Waals surface area contributed by atoms with E-state index in [2.05, 4.69) is 11.9 Å². The van der Waals surface area contributed by atoms with Gasteiger partial charge in [-0.25, -0.2) is 13.8 Å². The summed E-state index contributed by atoms with van der Waals surface area (Å²) < 4.78 is 36.3. The second kappa shape index (κ2) is 11.3. The number of nitrogens with zero attached hydrogens (tertiary/aromatic N) is 1. The van der Waals surface area contributed by atoms with Crippen LogP contribution in [0.1, 0.15) is 108 Å². The van der Waals surface area contributed by atoms with Crippen molar-refractivity contribution in [2.45, 2.75) is 103 Å². The third kappa shape index (κ3) is 6.10. The molecule has 0 saturated heterocycles. The highest BCUT2D eigenvalue weighted by Gasteiger charge is 2.36. The lowest BCUT2D eigenvalue weighted by molar-refractivity contribution is 0.113. The van der Waals surface area contributed by atoms with Crippen LogP contribution in [0.4, 0.5) is 8.78 Å². The summed E-state index contributed by atoms with van der Waals surface area (Å²) in [7, 11) is 0. The summed E-state index contributed by atoms with van der Waals surface area (Å²) in [6.45, 7) is 6.86. The molecule has 1 heterocycles. The Morgan fingerprint density at radius 2 is 1.54 bits per heavy atom. The molecule has 2 aromatic carbocycles. The predicted molar refractivity (Wildman–Crippen MR) is 148 cm³/mol. The first-order chi connectivity index (χ1) is 17.8. The number of fused-ring (bicyclic) bond motifs is 1. The van der Waals surface area contributed by atoms with E-state index in [0.717, 1.165) is 41.7 Å². The Kier molecular flexibility index (Phi) is 8.02. The molecular weight excluding hydrogens is 464 g/mol. The number of benzene rings is 2. The maximum atomic E-state index is 15.3. The van der Waals surface area contributed by atoms with Crippen molar-refractivity contribution in [2.24, 2.45) is 22.7 Å². The molecule has 0 aromatic heterocycles. The van der Waals surface area contributed by atoms with Crippen molar-refractivity contribution in [3.8, 4) is 11.1 Å². The van der Waals surface area contributed by atoms with Crippen molar-refractivity contribution >= 4 is 5.90 Å². The van der Waals surface area contributed by atoms with Crippen molar-refractivity contribution < 1.29 is 13.5 Å². The summed E-state index contributed by atoms with van der Waals surface area (Å²) in [5, 5.41) is 0. The van der Waals surface area contributed by atoms with Gasteiger partial charge in [0, 0.05) is 5.56 Å². The van der Waals surface area contributed by atoms with Gasteiger partial charge >= 0.3 is 0 Å². The van der Waals surface area contributed by atoms with Gasteiger partial charge in [-0.2, -0.15) is 0 Å². The van der Waals surface area contributed by atoms with E-state index in [-0.39, 0.29) is 17.0 Å². The maximum absolute atomic E-state index is 15.3. The molecule has 0 radical (unpaired) electrons. The fourth-order valence-corrected chi connectivity index (χ4v) is 7.03. The van der Waals surface area contributed by atoms with E-state index in [0.29, 0.717) is 18.1 Å². The number of unbranched alkanes of at least 4 members (excludes halogenated alkanes) is 3. The van der Waals surface area contributed by atoms with Crippen LogP contribution in [0, 0.1) is 29.4 Å². The van der Waals surface area contributed by atoms with Gasteiger partial charge in [0.15, 0.2) is 0 Å². The van der Waals surface area contributed by atoms with E-state index in [4.69, 9.17) is 4.74 Å². The van der Waals surface area contributed by atoms with Crippen LogP contribution in [0.5, 0.6) is 0 Å². The number of hydrogen-bond donors (Lipinski definition) is 0. The number of ether oxygens (including phenoxy) is 1. The van der Waals surface area contributed by atoms with Crippen molar-refractivity contribution in [2.75, 3.05) is 6.61 Å². The van der Waals surface area contributed by atoms with Crippen LogP contribution in [-0.4, -0.2) is 18.0 Å². The molecule has 3 aliphatic rings. The van der Waals surface area contributed by atoms with Crippen molar-refractivity contribution in [1.82, 2.24) is 0 Å². The summed E-state index contributed by atoms with van der Waals surface area (Å²) in [5.41, 5.74) is 2.03. The largest absolute Gasteiger partial charge is 0.475 e. The van der Waals surface area contributed by atoms with Gasteiger partial charge in [-0.1, -0.05) is 57.6 Å². The molecular formula is C33H43F2NO. The molecule has 37 heavy (non-hydrogen) atoms. The van der Waals surface area contributed by atoms with Crippen molar-refractivity contribution in [3.63, 3.8) is 0 Å². The van der Waals surface area contributed by atoms with Gasteiger partial charge in [-0.15, -0.1) is 0 Å². The second-order valence-electron chi connectivity index (χ2n) is 12.5. The summed E-state index contributed by atoms with van der Waals surface area (Å²) >= 11 is 0. The van der Waals surface area contributed by atoms with Crippen LogP contribution in [0.3, 0.4) is 0 Å². The summed E-state index contributed by atoms with van der Waals surface area (Å²) in [4.78, 5) is 4.59. The van der Waals surface area contributed by atoms with Crippen LogP contribution in [-0.2, 0) is 4.74 Å². The van der Waals surface area contributed by atoms with Crippen LogP contribution in [0.2, 0.25) is 0 Å². The maximum Gasteiger partial charge on any atom is 0.216 e. The van der Waals surface area contributed by atoms with E-state index in [9.17, 15) is 0 Å². The Morgan fingerprint density at radius 1 is 0.865 bits per heavy atom. The number of halogens is 2. The highest BCUT2D eigenvalue weighted by atomic mass is 19.1. The van der Waals surface area contributed by atoms with Crippen molar-refractivity contribution in [3.05, 3.63) is 59.2 Å². The lowest BCUT2D eigenvalue weighted by atomic mass is 9.63. The Bertz CT molecular complexity index is 1080. The van der Waals surface area contributed by atoms with Crippen LogP contribution in [0.25, 0.3) is 11.1 Å². The first kappa shape index (κ1) is 26.4. The molecule has 0 amide bonds. The van der Waals surface area contributed by atoms with Gasteiger partial charge in [0.1, 0.15) is 18.2 Å². The monoisotopic (exact) mass is 507 g/mol. The highest BCUT2D eigenvalue weighted by molar-refractivity contribution is 5.95. The average molecular weight is 508 g/mol. The van der Waals surface area contributed by atoms with Crippen LogP contribution >= 0.6 is 0 Å². The minimum atomic E-state index is -0.462. The van der Waals surface area contributed by atoms with Gasteiger partial charge in [0.05, 0.1) is 11.1 Å². The second-order valence-corrected chi connectivity index (χ2v) is 12.5. The number of hydrogen-bond acceptors (Lipinski definition) is 2. The fourth-order valence-electron chi connectivity index (χ4n) is 7.03. The minimum absolute atomic E-state index is 0.0576. The van der Waals surface area contributed by atoms with Gasteiger partial charge in [-0.05, 0) is 105 Å². The lowest BCUT2D eigenvalue weighted by Gasteiger charge is -2.42. The van der Waals surface area contributed by atoms with Crippen LogP contribution in [0.15, 0.2) is 41.4 Å². The zero-order valence-electron chi connectivity index (χ0n) is 22.9. The molecule has 200 valence electrons. The molecule has 2 fully saturated rings. The highest BCUT2D eigenvalue weighted by Crippen LogP contribution is 2.49. The smallest absolute Gasteiger partial charge is 0.216 e. The van der Waals surface area contributed by atoms with E-state index < -0.39 is 11.6 Å². The molecule has 2 aliphatic carbocycles. The quantitative estimate of drug-likeness (QED) is 0.326. The molecule has 2 saturated carbocycles. The Morgan fingerprint density at radius 3 is 2.22 bits per heavy atom. The first-order valence-electron chi connectivity index (χ1n) is 14.7. The lowest BCUT2D eigenvalue weighted by Crippen LogP contribution is -2.30. The van der Waals surface area contributed by atoms with Gasteiger partial charge in [0.25, 0.3) is 0 Å². The minimum Gasteiger partial charge on any atom is -0.475 e. The van der Waals surface area contributed by atoms with Crippen molar-refractivity contribution in [1.29, 1.82) is 0 Å². The molecule has 1 aliphatic heterocycles. The molecule has 4 atom stereocenters. The molecule has 2 aromatic rings. The fraction of sp³-hybridized carbons (Fsp3) is 0.606. The first-order valence-corrected chi connectivity index (χ1v) is 14.7. The summed E-state index contributed by atoms with van der Waals surface area (Å²) in [6, 6.07) is 10.4. The summed E-state index contributed by atoms with van der Waals surface area (Å²) in [5.74, 6) is 2.36. The van der Waals surface area contributed by atoms with Gasteiger partial charge in [0.2, 0.25) is 5.90 Å². The Labute approximate surface area is 221 Å². The third-order valence-electron chi connectivity index (χ3n) is 9.11. The van der Waals surface area contributed by atoms with E-state index in [1.165, 1.54) is 57.8 Å². The van der Waals surface area contributed by atoms with E-state index in [1.54, 1.807) is 24.3 Å². The zero-order valence-corrected chi connectivity index (χ0v) is 22.9. The molecule has 0 N–H and O–H groups in total. The molecule has 0 bridgehead atoms. The molecule has 4 unspecified atom stereocenters. The summed E-state index contributed by atoms with van der Waals surface area (Å²) in [6.07, 6.45) is 14.2. The van der Waals surface area contributed by atoms with E-state index in [1.807, 2.05) is 26.0 Å². The standard InChI is InChI=1S/C33H43F2NO/c1-4-5-6-7-8-22-9-10-26-18-27(16-15-25(26)17-22)28-19-29(34)31(30(35)20-28)23-11-13-24(14-12-23)32-36-33(2,3)21-37-32/h11-14,19-20,22,25-27H,4-10,15-18,21H2,1-3H3. The average Bonchev–Trinajstić information content (AvgIpc) is 3.25. The third-order valence-corrected chi connectivity index (χ3v) is 9.11. The topological polar surface area (TPSA) is 21.6 Å². The SMILES string of the molecule is CCCCCCC1CCC2CC(c3cc(F)c(-c4ccc(C5=NC(C)(C)CO5)cc4)c(F)c3)CCC2C1. The van der Waals surface area contributed by atoms with E-state index >= 15 is 8.78 Å². The molecule has 4 heteroatoms. The van der Waals surface area contributed by atoms with Crippen LogP contribution < -0.4 is 0 Å². The van der Waals surface area contributed by atoms with Gasteiger partial charge < -0.3 is 4.74 Å². The number of rotatable bonds is 8. The Hall–Kier alpha value is -2.23. The Balaban J connectivity index is 1.23. The number of aliphatic imine (C=N–C) groups is 1. The zero-order chi connectivity index (χ0) is 26.0. The van der Waals surface area contributed by atoms with Gasteiger partial charge in [-0.3, -0.25) is 0 Å². The normalized spacial score (nSPS) is 26.9. The molecule has 0 spiro atoms. The predicted octanol–water partition coefficient (Wildman–Crippen LogP) is 9.46. The molecule has 2 nitrogen and oxygen atoms in total.